The fraction of sp³-hybridized carbons (Fsp3) is 0.385. The Balaban J connectivity index is 0.000000166. The topological polar surface area (TPSA) is 287 Å². The van der Waals surface area contributed by atoms with Gasteiger partial charge in [0.15, 0.2) is 34.9 Å². The van der Waals surface area contributed by atoms with Crippen LogP contribution in [0.5, 0.6) is 0 Å². The lowest BCUT2D eigenvalue weighted by Crippen LogP contribution is -2.34. The molecule has 0 spiro atoms. The van der Waals surface area contributed by atoms with Crippen LogP contribution in [0.15, 0.2) is 85.7 Å². The van der Waals surface area contributed by atoms with E-state index in [1.807, 2.05) is 77.9 Å². The molecule has 0 aromatic carbocycles. The zero-order valence-electron chi connectivity index (χ0n) is 42.7. The average Bonchev–Trinajstić information content (AvgIpc) is 4.23. The van der Waals surface area contributed by atoms with Crippen LogP contribution in [0.3, 0.4) is 0 Å². The molecule has 0 saturated heterocycles. The lowest BCUT2D eigenvalue weighted by Gasteiger charge is -2.28. The third-order valence-corrected chi connectivity index (χ3v) is 13.1. The Hall–Kier alpha value is -8.34. The van der Waals surface area contributed by atoms with Crippen molar-refractivity contribution in [3.05, 3.63) is 143 Å². The molecule has 1 amide bonds. The molecule has 392 valence electrons. The maximum Gasteiger partial charge on any atom is 0.306 e. The van der Waals surface area contributed by atoms with Gasteiger partial charge in [-0.3, -0.25) is 19.8 Å². The van der Waals surface area contributed by atoms with Crippen molar-refractivity contribution in [2.24, 2.45) is 17.6 Å². The fourth-order valence-corrected chi connectivity index (χ4v) is 8.97. The number of hydrogen-bond acceptors (Lipinski definition) is 15. The molecule has 75 heavy (non-hydrogen) atoms. The normalized spacial score (nSPS) is 18.1. The lowest BCUT2D eigenvalue weighted by molar-refractivity contribution is -0.142. The van der Waals surface area contributed by atoms with Gasteiger partial charge in [-0.2, -0.15) is 20.4 Å². The maximum absolute atomic E-state index is 13.2. The zero-order valence-corrected chi connectivity index (χ0v) is 42.7. The van der Waals surface area contributed by atoms with Crippen LogP contribution < -0.4 is 21.7 Å². The smallest absolute Gasteiger partial charge is 0.306 e. The molecule has 10 rings (SSSR count). The Morgan fingerprint density at radius 2 is 1.08 bits per heavy atom. The molecule has 21 nitrogen and oxygen atoms in total. The van der Waals surface area contributed by atoms with Crippen LogP contribution in [0.1, 0.15) is 135 Å². The summed E-state index contributed by atoms with van der Waals surface area (Å²) in [6.07, 6.45) is 14.5. The Kier molecular flexibility index (Phi) is 17.0. The number of pyridine rings is 2. The number of hydrogen-bond donors (Lipinski definition) is 7. The number of halogens is 2. The number of anilines is 4. The first kappa shape index (κ1) is 53.0. The van der Waals surface area contributed by atoms with E-state index in [-0.39, 0.29) is 47.5 Å². The van der Waals surface area contributed by atoms with Gasteiger partial charge in [-0.05, 0) is 116 Å². The second-order valence-corrected chi connectivity index (χ2v) is 19.2. The summed E-state index contributed by atoms with van der Waals surface area (Å²) in [4.78, 5) is 51.1. The van der Waals surface area contributed by atoms with Crippen LogP contribution in [0.2, 0.25) is 0 Å². The summed E-state index contributed by atoms with van der Waals surface area (Å²) in [6.45, 7) is 11.6. The van der Waals surface area contributed by atoms with Crippen LogP contribution in [0.25, 0.3) is 11.6 Å². The fourth-order valence-electron chi connectivity index (χ4n) is 8.97. The minimum atomic E-state index is -0.690. The van der Waals surface area contributed by atoms with Gasteiger partial charge in [0.2, 0.25) is 5.91 Å². The molecule has 0 radical (unpaired) electrons. The molecule has 2 saturated carbocycles. The number of nitrogens with zero attached hydrogens (tertiary/aromatic N) is 12. The number of nitrogens with one attached hydrogen (secondary N) is 5. The van der Waals surface area contributed by atoms with E-state index in [1.54, 1.807) is 24.5 Å². The predicted octanol–water partition coefficient (Wildman–Crippen LogP) is 8.78. The van der Waals surface area contributed by atoms with Gasteiger partial charge < -0.3 is 26.8 Å². The Labute approximate surface area is 432 Å². The van der Waals surface area contributed by atoms with Crippen molar-refractivity contribution in [3.63, 3.8) is 0 Å². The molecule has 8 aromatic heterocycles. The number of aromatic amines is 2. The van der Waals surface area contributed by atoms with E-state index in [0.717, 1.165) is 120 Å². The summed E-state index contributed by atoms with van der Waals surface area (Å²) < 4.78 is 28.6. The van der Waals surface area contributed by atoms with E-state index in [1.165, 1.54) is 21.8 Å². The summed E-state index contributed by atoms with van der Waals surface area (Å²) in [5.74, 6) is 4.31. The number of carboxylic acids is 1. The molecule has 2 atom stereocenters. The zero-order chi connectivity index (χ0) is 53.2. The molecule has 2 aliphatic carbocycles. The number of aromatic nitrogens is 14. The van der Waals surface area contributed by atoms with E-state index < -0.39 is 11.8 Å². The summed E-state index contributed by atoms with van der Waals surface area (Å²) in [6, 6.07) is 14.6. The first-order valence-corrected chi connectivity index (χ1v) is 24.9. The Morgan fingerprint density at radius 3 is 1.45 bits per heavy atom. The molecule has 2 fully saturated rings. The highest BCUT2D eigenvalue weighted by molar-refractivity contribution is 5.79. The van der Waals surface area contributed by atoms with Gasteiger partial charge in [-0.15, -0.1) is 0 Å². The van der Waals surface area contributed by atoms with Gasteiger partial charge in [0, 0.05) is 83.2 Å². The quantitative estimate of drug-likeness (QED) is 0.0568. The van der Waals surface area contributed by atoms with Crippen LogP contribution in [0, 0.1) is 51.2 Å². The molecule has 0 bridgehead atoms. The summed E-state index contributed by atoms with van der Waals surface area (Å²) in [5.41, 5.74) is 11.2. The monoisotopic (exact) mass is 1020 g/mol. The number of carbonyl (C=O) groups is 2. The third-order valence-electron chi connectivity index (χ3n) is 13.1. The molecule has 23 heteroatoms. The molecule has 8 N–H and O–H groups in total. The predicted molar refractivity (Wildman–Crippen MR) is 276 cm³/mol. The van der Waals surface area contributed by atoms with E-state index in [2.05, 4.69) is 71.5 Å². The van der Waals surface area contributed by atoms with Gasteiger partial charge in [0.25, 0.3) is 0 Å². The Morgan fingerprint density at radius 1 is 0.627 bits per heavy atom. The molecular weight excluding hydrogens is 963 g/mol. The maximum atomic E-state index is 13.2. The molecule has 2 aliphatic rings. The molecule has 8 heterocycles. The standard InChI is InChI=1S/C26H30FN9O.C16H21N5O2.C10H11FN4/c1-15-10-22(32-23-11-16(2)34-35-23)33-25(30-15)18-4-6-19(7-5-18)26(37)31-17(3)20-8-9-24(28-12-20)36-14-21(27)13-29-36;1-9-7-13(18-14-8-10(2)20-21-14)19-15(17-9)11-3-5-12(6-4-11)16(22)23;1-7(12)8-2-3-10(13-4-8)15-6-9(11)5-14-15/h8-14,17-19H,4-7H2,1-3H3,(H,31,37)(H2,30,32,33,34,35);7-8,11-12H,3-6H2,1-2H3,(H,22,23)(H2,17,18,19,20,21);2-7H,12H2,1H3/t17-,18?,19?;;7-/m0.0/s1. The van der Waals surface area contributed by atoms with Gasteiger partial charge in [0.1, 0.15) is 23.3 Å². The number of rotatable bonds is 13. The highest BCUT2D eigenvalue weighted by Gasteiger charge is 2.31. The second-order valence-electron chi connectivity index (χ2n) is 19.2. The van der Waals surface area contributed by atoms with Crippen molar-refractivity contribution in [2.45, 2.75) is 117 Å². The summed E-state index contributed by atoms with van der Waals surface area (Å²) in [7, 11) is 0. The number of carboxylic acid groups (broad SMARTS) is 1. The summed E-state index contributed by atoms with van der Waals surface area (Å²) in [5, 5.41) is 40.5. The first-order chi connectivity index (χ1) is 36.0. The number of amides is 1. The number of aryl methyl sites for hydroxylation is 4. The SMILES string of the molecule is C[C@H](N)c1ccc(-n2cc(F)cn2)nc1.Cc1cc(Nc2cc(C)[nH]n2)nc(C2CCC(C(=O)N[C@@H](C)c3ccc(-n4cc(F)cn4)nc3)CC2)n1.Cc1cc(Nc2cc(C)[nH]n2)nc(C2CCC(C(=O)O)CC2)n1. The van der Waals surface area contributed by atoms with Crippen molar-refractivity contribution in [3.8, 4) is 11.6 Å². The molecule has 0 unspecified atom stereocenters. The largest absolute Gasteiger partial charge is 0.481 e. The van der Waals surface area contributed by atoms with Crippen molar-refractivity contribution >= 4 is 35.1 Å². The molecule has 8 aromatic rings. The Bertz CT molecular complexity index is 3150. The van der Waals surface area contributed by atoms with Gasteiger partial charge in [-0.1, -0.05) is 12.1 Å². The van der Waals surface area contributed by atoms with Crippen LogP contribution in [-0.2, 0) is 9.59 Å². The summed E-state index contributed by atoms with van der Waals surface area (Å²) >= 11 is 0. The third kappa shape index (κ3) is 14.5. The van der Waals surface area contributed by atoms with Gasteiger partial charge >= 0.3 is 5.97 Å². The number of carbonyl (C=O) groups excluding carboxylic acids is 1. The van der Waals surface area contributed by atoms with Crippen LogP contribution >= 0.6 is 0 Å². The molecular formula is C52H62F2N18O3. The van der Waals surface area contributed by atoms with Crippen molar-refractivity contribution in [1.29, 1.82) is 0 Å². The first-order valence-electron chi connectivity index (χ1n) is 24.9. The second kappa shape index (κ2) is 24.1. The van der Waals surface area contributed by atoms with Crippen molar-refractivity contribution in [2.75, 3.05) is 10.6 Å². The minimum Gasteiger partial charge on any atom is -0.481 e. The van der Waals surface area contributed by atoms with E-state index in [0.29, 0.717) is 24.5 Å². The number of aliphatic carboxylic acids is 1. The van der Waals surface area contributed by atoms with Gasteiger partial charge in [0.05, 0.1) is 36.7 Å². The lowest BCUT2D eigenvalue weighted by atomic mass is 9.81. The van der Waals surface area contributed by atoms with Crippen molar-refractivity contribution < 1.29 is 23.5 Å². The highest BCUT2D eigenvalue weighted by Crippen LogP contribution is 2.37. The average molecular weight is 1030 g/mol. The number of nitrogens with two attached hydrogens (primary N) is 1. The van der Waals surface area contributed by atoms with Crippen LogP contribution in [0.4, 0.5) is 32.1 Å². The number of H-pyrrole nitrogens is 2. The van der Waals surface area contributed by atoms with Gasteiger partial charge in [-0.25, -0.2) is 48.0 Å². The minimum absolute atomic E-state index is 0.0468. The van der Waals surface area contributed by atoms with Crippen LogP contribution in [-0.4, -0.2) is 86.8 Å². The van der Waals surface area contributed by atoms with Crippen molar-refractivity contribution in [1.82, 2.24) is 75.2 Å². The van der Waals surface area contributed by atoms with E-state index in [9.17, 15) is 18.4 Å². The molecule has 0 aliphatic heterocycles. The van der Waals surface area contributed by atoms with E-state index in [4.69, 9.17) is 15.8 Å². The van der Waals surface area contributed by atoms with E-state index >= 15 is 0 Å². The highest BCUT2D eigenvalue weighted by atomic mass is 19.1.